The van der Waals surface area contributed by atoms with Crippen molar-refractivity contribution in [3.8, 4) is 11.3 Å². The maximum atomic E-state index is 11.4. The number of fused-ring (bicyclic) bond motifs is 1. The third-order valence-corrected chi connectivity index (χ3v) is 4.75. The van der Waals surface area contributed by atoms with Gasteiger partial charge in [0.2, 0.25) is 0 Å². The second-order valence-corrected chi connectivity index (χ2v) is 6.44. The highest BCUT2D eigenvalue weighted by molar-refractivity contribution is 6.42. The monoisotopic (exact) mass is 347 g/mol. The topological polar surface area (TPSA) is 53.1 Å². The number of rotatable bonds is 3. The molecule has 118 valence electrons. The molecule has 0 fully saturated rings. The number of aryl methyl sites for hydroxylation is 2. The highest BCUT2D eigenvalue weighted by atomic mass is 35.5. The number of carbonyl (C=O) groups is 1. The number of aromatic amines is 1. The molecule has 1 heterocycles. The molecule has 0 amide bonds. The first kappa shape index (κ1) is 15.9. The van der Waals surface area contributed by atoms with Gasteiger partial charge in [0.05, 0.1) is 22.2 Å². The van der Waals surface area contributed by atoms with E-state index < -0.39 is 5.97 Å². The van der Waals surface area contributed by atoms with Crippen LogP contribution in [-0.2, 0) is 11.2 Å². The predicted octanol–water partition coefficient (Wildman–Crippen LogP) is 5.39. The quantitative estimate of drug-likeness (QED) is 0.667. The lowest BCUT2D eigenvalue weighted by Gasteiger charge is -2.05. The van der Waals surface area contributed by atoms with Crippen molar-refractivity contribution in [2.45, 2.75) is 20.3 Å². The molecule has 2 N–H and O–H groups in total. The molecule has 0 spiro atoms. The number of carboxylic acids is 1. The van der Waals surface area contributed by atoms with Crippen LogP contribution < -0.4 is 0 Å². The van der Waals surface area contributed by atoms with Crippen LogP contribution in [0.1, 0.15) is 16.7 Å². The number of carboxylic acid groups (broad SMARTS) is 1. The Kier molecular flexibility index (Phi) is 4.09. The molecule has 5 heteroatoms. The Morgan fingerprint density at radius 1 is 1.09 bits per heavy atom. The number of hydrogen-bond donors (Lipinski definition) is 2. The Morgan fingerprint density at radius 3 is 2.43 bits per heavy atom. The minimum atomic E-state index is -0.867. The first-order valence-corrected chi connectivity index (χ1v) is 7.92. The standard InChI is InChI=1S/C18H15Cl2NO2/c1-9-3-4-10(2)17-16(9)12(8-15(22)23)18(21-17)11-5-6-13(19)14(20)7-11/h3-7,21H,8H2,1-2H3,(H,22,23). The lowest BCUT2D eigenvalue weighted by atomic mass is 9.98. The number of halogens is 2. The third-order valence-electron chi connectivity index (χ3n) is 4.01. The Labute approximate surface area is 143 Å². The van der Waals surface area contributed by atoms with Crippen molar-refractivity contribution >= 4 is 40.1 Å². The van der Waals surface area contributed by atoms with Crippen molar-refractivity contribution in [3.05, 3.63) is 57.1 Å². The number of nitrogens with one attached hydrogen (secondary N) is 1. The van der Waals surface area contributed by atoms with Crippen LogP contribution in [0.25, 0.3) is 22.2 Å². The van der Waals surface area contributed by atoms with Crippen LogP contribution in [0.3, 0.4) is 0 Å². The average Bonchev–Trinajstić information content (AvgIpc) is 2.86. The lowest BCUT2D eigenvalue weighted by Crippen LogP contribution is -2.01. The fraction of sp³-hybridized carbons (Fsp3) is 0.167. The molecule has 0 aliphatic carbocycles. The fourth-order valence-electron chi connectivity index (χ4n) is 2.91. The molecule has 23 heavy (non-hydrogen) atoms. The van der Waals surface area contributed by atoms with E-state index in [0.717, 1.165) is 38.9 Å². The number of aromatic nitrogens is 1. The van der Waals surface area contributed by atoms with Crippen molar-refractivity contribution in [1.82, 2.24) is 4.98 Å². The molecular weight excluding hydrogens is 333 g/mol. The molecule has 0 aliphatic rings. The second-order valence-electron chi connectivity index (χ2n) is 5.63. The van der Waals surface area contributed by atoms with Crippen LogP contribution in [0.4, 0.5) is 0 Å². The fourth-order valence-corrected chi connectivity index (χ4v) is 3.21. The summed E-state index contributed by atoms with van der Waals surface area (Å²) in [6.07, 6.45) is -0.0557. The van der Waals surface area contributed by atoms with Gasteiger partial charge in [-0.25, -0.2) is 0 Å². The SMILES string of the molecule is Cc1ccc(C)c2c(CC(=O)O)c(-c3ccc(Cl)c(Cl)c3)[nH]c12. The minimum Gasteiger partial charge on any atom is -0.481 e. The van der Waals surface area contributed by atoms with Gasteiger partial charge >= 0.3 is 5.97 Å². The molecule has 0 bridgehead atoms. The molecule has 1 aromatic heterocycles. The minimum absolute atomic E-state index is 0.0557. The van der Waals surface area contributed by atoms with Crippen molar-refractivity contribution < 1.29 is 9.90 Å². The van der Waals surface area contributed by atoms with E-state index in [1.54, 1.807) is 12.1 Å². The zero-order chi connectivity index (χ0) is 16.7. The van der Waals surface area contributed by atoms with Crippen LogP contribution in [0.5, 0.6) is 0 Å². The zero-order valence-corrected chi connectivity index (χ0v) is 14.2. The highest BCUT2D eigenvalue weighted by Gasteiger charge is 2.19. The smallest absolute Gasteiger partial charge is 0.307 e. The van der Waals surface area contributed by atoms with Gasteiger partial charge < -0.3 is 10.1 Å². The molecule has 0 radical (unpaired) electrons. The van der Waals surface area contributed by atoms with Crippen LogP contribution in [0.15, 0.2) is 30.3 Å². The van der Waals surface area contributed by atoms with Gasteiger partial charge in [0.15, 0.2) is 0 Å². The van der Waals surface area contributed by atoms with Gasteiger partial charge in [-0.15, -0.1) is 0 Å². The molecule has 0 unspecified atom stereocenters. The van der Waals surface area contributed by atoms with Crippen LogP contribution in [0, 0.1) is 13.8 Å². The van der Waals surface area contributed by atoms with Crippen molar-refractivity contribution in [3.63, 3.8) is 0 Å². The lowest BCUT2D eigenvalue weighted by molar-refractivity contribution is -0.136. The molecule has 0 aliphatic heterocycles. The Morgan fingerprint density at radius 2 is 1.78 bits per heavy atom. The molecule has 0 saturated carbocycles. The van der Waals surface area contributed by atoms with Crippen molar-refractivity contribution in [1.29, 1.82) is 0 Å². The predicted molar refractivity (Wildman–Crippen MR) is 94.6 cm³/mol. The summed E-state index contributed by atoms with van der Waals surface area (Å²) in [5, 5.41) is 11.2. The average molecular weight is 348 g/mol. The number of hydrogen-bond acceptors (Lipinski definition) is 1. The van der Waals surface area contributed by atoms with E-state index >= 15 is 0 Å². The number of benzene rings is 2. The van der Waals surface area contributed by atoms with E-state index in [4.69, 9.17) is 23.2 Å². The van der Waals surface area contributed by atoms with E-state index in [0.29, 0.717) is 10.0 Å². The van der Waals surface area contributed by atoms with Gasteiger partial charge in [0, 0.05) is 10.9 Å². The van der Waals surface area contributed by atoms with Crippen LogP contribution in [-0.4, -0.2) is 16.1 Å². The summed E-state index contributed by atoms with van der Waals surface area (Å²) in [5.74, 6) is -0.867. The summed E-state index contributed by atoms with van der Waals surface area (Å²) in [7, 11) is 0. The molecule has 0 saturated heterocycles. The Balaban J connectivity index is 2.35. The largest absolute Gasteiger partial charge is 0.481 e. The molecule has 3 rings (SSSR count). The van der Waals surface area contributed by atoms with Gasteiger partial charge in [0.1, 0.15) is 0 Å². The van der Waals surface area contributed by atoms with E-state index in [1.807, 2.05) is 32.0 Å². The van der Waals surface area contributed by atoms with Crippen LogP contribution >= 0.6 is 23.2 Å². The Hall–Kier alpha value is -1.97. The van der Waals surface area contributed by atoms with Gasteiger partial charge in [-0.3, -0.25) is 4.79 Å². The summed E-state index contributed by atoms with van der Waals surface area (Å²) < 4.78 is 0. The molecule has 2 aromatic carbocycles. The van der Waals surface area contributed by atoms with Gasteiger partial charge in [-0.2, -0.15) is 0 Å². The summed E-state index contributed by atoms with van der Waals surface area (Å²) in [5.41, 5.74) is 5.45. The second kappa shape index (κ2) is 5.91. The first-order valence-electron chi connectivity index (χ1n) is 7.16. The normalized spacial score (nSPS) is 11.1. The van der Waals surface area contributed by atoms with E-state index in [2.05, 4.69) is 4.98 Å². The number of aliphatic carboxylic acids is 1. The highest BCUT2D eigenvalue weighted by Crippen LogP contribution is 2.36. The van der Waals surface area contributed by atoms with Crippen molar-refractivity contribution in [2.24, 2.45) is 0 Å². The summed E-state index contributed by atoms with van der Waals surface area (Å²) in [6.45, 7) is 3.99. The van der Waals surface area contributed by atoms with E-state index in [9.17, 15) is 9.90 Å². The molecule has 3 nitrogen and oxygen atoms in total. The third kappa shape index (κ3) is 2.82. The summed E-state index contributed by atoms with van der Waals surface area (Å²) >= 11 is 12.1. The maximum absolute atomic E-state index is 11.4. The summed E-state index contributed by atoms with van der Waals surface area (Å²) in [6, 6.07) is 9.35. The molecule has 3 aromatic rings. The molecular formula is C18H15Cl2NO2. The zero-order valence-electron chi connectivity index (χ0n) is 12.7. The number of H-pyrrole nitrogens is 1. The van der Waals surface area contributed by atoms with Gasteiger partial charge in [-0.05, 0) is 48.2 Å². The molecule has 0 atom stereocenters. The van der Waals surface area contributed by atoms with Crippen molar-refractivity contribution in [2.75, 3.05) is 0 Å². The Bertz CT molecular complexity index is 928. The van der Waals surface area contributed by atoms with Gasteiger partial charge in [-0.1, -0.05) is 41.4 Å². The maximum Gasteiger partial charge on any atom is 0.307 e. The van der Waals surface area contributed by atoms with E-state index in [1.165, 1.54) is 0 Å². The van der Waals surface area contributed by atoms with E-state index in [-0.39, 0.29) is 6.42 Å². The summed E-state index contributed by atoms with van der Waals surface area (Å²) in [4.78, 5) is 14.7. The van der Waals surface area contributed by atoms with Crippen LogP contribution in [0.2, 0.25) is 10.0 Å². The first-order chi connectivity index (χ1) is 10.9. The van der Waals surface area contributed by atoms with Gasteiger partial charge in [0.25, 0.3) is 0 Å².